The van der Waals surface area contributed by atoms with Crippen molar-refractivity contribution in [3.05, 3.63) is 28.8 Å². The first-order valence-corrected chi connectivity index (χ1v) is 6.17. The zero-order chi connectivity index (χ0) is 15.8. The van der Waals surface area contributed by atoms with E-state index in [2.05, 4.69) is 4.74 Å². The number of phenols is 1. The number of ether oxygens (including phenoxy) is 2. The second kappa shape index (κ2) is 5.31. The Kier molecular flexibility index (Phi) is 3.85. The normalized spacial score (nSPS) is 17.6. The minimum Gasteiger partial charge on any atom is -0.508 e. The summed E-state index contributed by atoms with van der Waals surface area (Å²) in [6.45, 7) is 1.79. The molecule has 4 nitrogen and oxygen atoms in total. The van der Waals surface area contributed by atoms with E-state index in [0.717, 1.165) is 19.3 Å². The van der Waals surface area contributed by atoms with Crippen molar-refractivity contribution in [1.29, 1.82) is 0 Å². The molecule has 0 saturated heterocycles. The molecule has 1 unspecified atom stereocenters. The molecule has 0 aromatic heterocycles. The van der Waals surface area contributed by atoms with Crippen LogP contribution in [0.5, 0.6) is 11.5 Å². The van der Waals surface area contributed by atoms with Crippen molar-refractivity contribution in [1.82, 2.24) is 0 Å². The van der Waals surface area contributed by atoms with Gasteiger partial charge in [-0.3, -0.25) is 0 Å². The van der Waals surface area contributed by atoms with Crippen molar-refractivity contribution in [3.63, 3.8) is 0 Å². The molecule has 0 radical (unpaired) electrons. The van der Waals surface area contributed by atoms with Crippen molar-refractivity contribution in [3.8, 4) is 11.5 Å². The summed E-state index contributed by atoms with van der Waals surface area (Å²) >= 11 is 0. The van der Waals surface area contributed by atoms with Crippen LogP contribution in [0, 0.1) is 0 Å². The highest BCUT2D eigenvalue weighted by molar-refractivity contribution is 5.96. The predicted molar refractivity (Wildman–Crippen MR) is 67.9 cm³/mol. The molecule has 114 valence electrons. The monoisotopic (exact) mass is 302 g/mol. The molecule has 21 heavy (non-hydrogen) atoms. The number of methoxy groups -OCH3 is 1. The van der Waals surface area contributed by atoms with Crippen LogP contribution < -0.4 is 4.74 Å². The van der Waals surface area contributed by atoms with Crippen LogP contribution in [0.2, 0.25) is 0 Å². The second-order valence-electron chi connectivity index (χ2n) is 4.50. The maximum absolute atomic E-state index is 13.0. The lowest BCUT2D eigenvalue weighted by Gasteiger charge is -2.28. The average Bonchev–Trinajstić information content (AvgIpc) is 2.43. The first kappa shape index (κ1) is 15.2. The fourth-order valence-corrected chi connectivity index (χ4v) is 2.09. The highest BCUT2D eigenvalue weighted by Crippen LogP contribution is 2.40. The van der Waals surface area contributed by atoms with Gasteiger partial charge in [-0.25, -0.2) is 4.79 Å². The van der Waals surface area contributed by atoms with Crippen LogP contribution in [-0.2, 0) is 16.0 Å². The van der Waals surface area contributed by atoms with Gasteiger partial charge in [-0.1, -0.05) is 6.92 Å². The molecule has 7 heteroatoms. The zero-order valence-electron chi connectivity index (χ0n) is 11.3. The largest absolute Gasteiger partial charge is 0.508 e. The van der Waals surface area contributed by atoms with Crippen LogP contribution >= 0.6 is 0 Å². The fraction of sp³-hybridized carbons (Fsp3) is 0.357. The Bertz CT molecular complexity index is 605. The van der Waals surface area contributed by atoms with Gasteiger partial charge in [0.1, 0.15) is 11.5 Å². The van der Waals surface area contributed by atoms with E-state index in [1.807, 2.05) is 0 Å². The summed E-state index contributed by atoms with van der Waals surface area (Å²) in [5.41, 5.74) is 0.221. The molecular formula is C14H13F3O4. The molecule has 1 aliphatic heterocycles. The third-order valence-electron chi connectivity index (χ3n) is 3.15. The van der Waals surface area contributed by atoms with E-state index >= 15 is 0 Å². The lowest BCUT2D eigenvalue weighted by molar-refractivity contribution is -0.187. The molecule has 0 amide bonds. The van der Waals surface area contributed by atoms with Crippen molar-refractivity contribution in [2.45, 2.75) is 25.6 Å². The number of hydrogen-bond acceptors (Lipinski definition) is 4. The maximum Gasteiger partial charge on any atom is 0.430 e. The van der Waals surface area contributed by atoms with Crippen LogP contribution in [0.4, 0.5) is 13.2 Å². The first-order valence-electron chi connectivity index (χ1n) is 6.17. The van der Waals surface area contributed by atoms with Gasteiger partial charge in [-0.15, -0.1) is 0 Å². The molecule has 1 aromatic rings. The molecular weight excluding hydrogens is 289 g/mol. The van der Waals surface area contributed by atoms with E-state index < -0.39 is 23.8 Å². The first-order chi connectivity index (χ1) is 9.77. The number of alkyl halides is 3. The van der Waals surface area contributed by atoms with Crippen LogP contribution in [-0.4, -0.2) is 30.5 Å². The summed E-state index contributed by atoms with van der Waals surface area (Å²) in [5.74, 6) is -1.37. The number of fused-ring (bicyclic) bond motifs is 1. The van der Waals surface area contributed by atoms with E-state index in [4.69, 9.17) is 4.74 Å². The minimum atomic E-state index is -4.77. The standard InChI is InChI=1S/C14H13F3O4/c1-3-7-4-8-5-9(13(19)20-2)12(14(15,16)17)21-11(8)6-10(7)18/h4-6,12,18H,3H2,1-2H3. The summed E-state index contributed by atoms with van der Waals surface area (Å²) in [7, 11) is 1.00. The molecule has 1 N–H and O–H groups in total. The van der Waals surface area contributed by atoms with Crippen molar-refractivity contribution in [2.75, 3.05) is 7.11 Å². The molecule has 2 rings (SSSR count). The Labute approximate surface area is 118 Å². The van der Waals surface area contributed by atoms with Gasteiger partial charge in [0.2, 0.25) is 6.10 Å². The van der Waals surface area contributed by atoms with Crippen LogP contribution in [0.1, 0.15) is 18.1 Å². The van der Waals surface area contributed by atoms with Gasteiger partial charge in [0, 0.05) is 11.6 Å². The van der Waals surface area contributed by atoms with E-state index in [9.17, 15) is 23.1 Å². The number of aromatic hydroxyl groups is 1. The molecule has 1 heterocycles. The molecule has 0 fully saturated rings. The summed E-state index contributed by atoms with van der Waals surface area (Å²) in [6.07, 6.45) is -5.61. The zero-order valence-corrected chi connectivity index (χ0v) is 11.3. The van der Waals surface area contributed by atoms with Crippen molar-refractivity contribution in [2.24, 2.45) is 0 Å². The number of carbonyl (C=O) groups excluding carboxylic acids is 1. The summed E-state index contributed by atoms with van der Waals surface area (Å²) < 4.78 is 48.2. The van der Waals surface area contributed by atoms with Gasteiger partial charge in [0.05, 0.1) is 12.7 Å². The van der Waals surface area contributed by atoms with Crippen molar-refractivity contribution >= 4 is 12.0 Å². The number of carbonyl (C=O) groups is 1. The Morgan fingerprint density at radius 3 is 2.62 bits per heavy atom. The minimum absolute atomic E-state index is 0.125. The molecule has 0 bridgehead atoms. The van der Waals surface area contributed by atoms with Gasteiger partial charge in [0.15, 0.2) is 0 Å². The van der Waals surface area contributed by atoms with Gasteiger partial charge in [-0.05, 0) is 24.1 Å². The van der Waals surface area contributed by atoms with Gasteiger partial charge >= 0.3 is 12.1 Å². The molecule has 1 aliphatic rings. The Morgan fingerprint density at radius 2 is 2.10 bits per heavy atom. The summed E-state index contributed by atoms with van der Waals surface area (Å²) in [4.78, 5) is 11.5. The Balaban J connectivity index is 2.57. The van der Waals surface area contributed by atoms with Crippen LogP contribution in [0.3, 0.4) is 0 Å². The van der Waals surface area contributed by atoms with Gasteiger partial charge < -0.3 is 14.6 Å². The third-order valence-corrected chi connectivity index (χ3v) is 3.15. The summed E-state index contributed by atoms with van der Waals surface area (Å²) in [5, 5.41) is 9.70. The molecule has 0 spiro atoms. The second-order valence-corrected chi connectivity index (χ2v) is 4.50. The van der Waals surface area contributed by atoms with E-state index in [-0.39, 0.29) is 11.5 Å². The Hall–Kier alpha value is -2.18. The molecule has 0 saturated carbocycles. The number of phenolic OH excluding ortho intramolecular Hbond substituents is 1. The number of hydrogen-bond donors (Lipinski definition) is 1. The van der Waals surface area contributed by atoms with E-state index in [0.29, 0.717) is 17.5 Å². The van der Waals surface area contributed by atoms with Gasteiger partial charge in [-0.2, -0.15) is 13.2 Å². The number of halogens is 3. The lowest BCUT2D eigenvalue weighted by atomic mass is 9.98. The summed E-state index contributed by atoms with van der Waals surface area (Å²) in [6, 6.07) is 2.61. The van der Waals surface area contributed by atoms with E-state index in [1.54, 1.807) is 6.92 Å². The fourth-order valence-electron chi connectivity index (χ4n) is 2.09. The molecule has 1 aromatic carbocycles. The Morgan fingerprint density at radius 1 is 1.43 bits per heavy atom. The highest BCUT2D eigenvalue weighted by atomic mass is 19.4. The molecule has 0 aliphatic carbocycles. The average molecular weight is 302 g/mol. The number of esters is 1. The predicted octanol–water partition coefficient (Wildman–Crippen LogP) is 2.83. The van der Waals surface area contributed by atoms with Crippen molar-refractivity contribution < 1.29 is 32.5 Å². The SMILES string of the molecule is CCc1cc2c(cc1O)OC(C(F)(F)F)C(C(=O)OC)=C2. The third kappa shape index (κ3) is 2.81. The highest BCUT2D eigenvalue weighted by Gasteiger charge is 2.48. The number of benzene rings is 1. The van der Waals surface area contributed by atoms with Gasteiger partial charge in [0.25, 0.3) is 0 Å². The number of aryl methyl sites for hydroxylation is 1. The maximum atomic E-state index is 13.0. The van der Waals surface area contributed by atoms with Crippen LogP contribution in [0.25, 0.3) is 6.08 Å². The topological polar surface area (TPSA) is 55.8 Å². The lowest BCUT2D eigenvalue weighted by Crippen LogP contribution is -2.40. The smallest absolute Gasteiger partial charge is 0.430 e. The molecule has 1 atom stereocenters. The quantitative estimate of drug-likeness (QED) is 0.854. The van der Waals surface area contributed by atoms with E-state index in [1.165, 1.54) is 6.07 Å². The van der Waals surface area contributed by atoms with Crippen LogP contribution in [0.15, 0.2) is 17.7 Å². The number of rotatable bonds is 2.